The number of nitrogens with zero attached hydrogens (tertiary/aromatic N) is 6. The van der Waals surface area contributed by atoms with Gasteiger partial charge in [-0.25, -0.2) is 9.13 Å². The summed E-state index contributed by atoms with van der Waals surface area (Å²) in [4.78, 5) is 10.0. The molecule has 2 aromatic heterocycles. The Bertz CT molecular complexity index is 947. The third-order valence-corrected chi connectivity index (χ3v) is 8.47. The van der Waals surface area contributed by atoms with Crippen LogP contribution in [-0.4, -0.2) is 85.2 Å². The highest BCUT2D eigenvalue weighted by Crippen LogP contribution is 2.43. The molecule has 2 unspecified atom stereocenters. The first-order valence-corrected chi connectivity index (χ1v) is 13.9. The molecule has 0 amide bonds. The monoisotopic (exact) mass is 500 g/mol. The van der Waals surface area contributed by atoms with E-state index in [1.54, 1.807) is 23.5 Å². The number of rotatable bonds is 10. The van der Waals surface area contributed by atoms with Gasteiger partial charge in [0.2, 0.25) is 0 Å². The van der Waals surface area contributed by atoms with E-state index in [1.807, 2.05) is 0 Å². The lowest BCUT2D eigenvalue weighted by Gasteiger charge is -2.22. The fourth-order valence-corrected chi connectivity index (χ4v) is 6.54. The van der Waals surface area contributed by atoms with Gasteiger partial charge in [0.15, 0.2) is 37.9 Å². The number of pyridine rings is 2. The van der Waals surface area contributed by atoms with Gasteiger partial charge in [-0.1, -0.05) is 23.5 Å². The van der Waals surface area contributed by atoms with Crippen LogP contribution in [0.15, 0.2) is 59.0 Å². The molecule has 0 saturated heterocycles. The van der Waals surface area contributed by atoms with E-state index in [0.717, 1.165) is 32.1 Å². The number of fused-ring (bicyclic) bond motifs is 1. The highest BCUT2D eigenvalue weighted by molar-refractivity contribution is 8.20. The third kappa shape index (κ3) is 7.13. The zero-order chi connectivity index (χ0) is 24.3. The number of thioether (sulfide) groups is 2. The number of hydrogen-bond acceptors (Lipinski definition) is 4. The Labute approximate surface area is 213 Å². The number of quaternary nitrogens is 2. The van der Waals surface area contributed by atoms with Crippen molar-refractivity contribution in [3.8, 4) is 0 Å². The summed E-state index contributed by atoms with van der Waals surface area (Å²) in [6.07, 6.45) is 11.1. The molecule has 2 aliphatic rings. The maximum absolute atomic E-state index is 5.01. The van der Waals surface area contributed by atoms with Gasteiger partial charge in [0, 0.05) is 35.4 Å². The van der Waals surface area contributed by atoms with E-state index in [9.17, 15) is 0 Å². The van der Waals surface area contributed by atoms with Crippen LogP contribution in [0.3, 0.4) is 0 Å². The van der Waals surface area contributed by atoms with Crippen molar-refractivity contribution in [3.05, 3.63) is 60.2 Å². The topological polar surface area (TPSA) is 32.5 Å². The van der Waals surface area contributed by atoms with Crippen LogP contribution in [-0.2, 0) is 13.1 Å². The third-order valence-electron chi connectivity index (χ3n) is 5.96. The van der Waals surface area contributed by atoms with Gasteiger partial charge in [-0.3, -0.25) is 9.98 Å². The highest BCUT2D eigenvalue weighted by atomic mass is 32.2. The molecule has 0 N–H and O–H groups in total. The zero-order valence-electron chi connectivity index (χ0n) is 21.5. The Morgan fingerprint density at radius 3 is 1.32 bits per heavy atom. The van der Waals surface area contributed by atoms with Gasteiger partial charge >= 0.3 is 0 Å². The summed E-state index contributed by atoms with van der Waals surface area (Å²) >= 11 is 3.60. The SMILES string of the molecule is C[N+](C)(C)CCC[n+]1ccc(C2=NC3SC(c4cc[n+](CCC[N+](C)(C)C)cc4)=NC3S2)cc1. The van der Waals surface area contributed by atoms with Crippen LogP contribution in [0.5, 0.6) is 0 Å². The summed E-state index contributed by atoms with van der Waals surface area (Å²) in [5.74, 6) is 0. The largest absolute Gasteiger partial charge is 0.331 e. The lowest BCUT2D eigenvalue weighted by molar-refractivity contribution is -0.873. The molecular formula is C26H40N6S2+4. The molecule has 0 radical (unpaired) electrons. The number of aliphatic imine (C=N–C) groups is 2. The van der Waals surface area contributed by atoms with Gasteiger partial charge in [0.05, 0.1) is 68.2 Å². The summed E-state index contributed by atoms with van der Waals surface area (Å²) in [5.41, 5.74) is 2.41. The predicted octanol–water partition coefficient (Wildman–Crippen LogP) is 2.79. The first-order valence-electron chi connectivity index (χ1n) is 12.1. The maximum atomic E-state index is 5.01. The van der Waals surface area contributed by atoms with Crippen molar-refractivity contribution in [2.24, 2.45) is 9.98 Å². The quantitative estimate of drug-likeness (QED) is 0.371. The molecule has 4 heterocycles. The van der Waals surface area contributed by atoms with E-state index in [1.165, 1.54) is 37.1 Å². The predicted molar refractivity (Wildman–Crippen MR) is 144 cm³/mol. The molecule has 4 rings (SSSR count). The van der Waals surface area contributed by atoms with Crippen LogP contribution in [0.4, 0.5) is 0 Å². The molecule has 2 aromatic rings. The normalized spacial score (nSPS) is 20.3. The summed E-state index contributed by atoms with van der Waals surface area (Å²) < 4.78 is 6.56. The van der Waals surface area contributed by atoms with Crippen molar-refractivity contribution in [2.45, 2.75) is 36.7 Å². The Kier molecular flexibility index (Phi) is 7.82. The minimum absolute atomic E-state index is 0.184. The van der Waals surface area contributed by atoms with E-state index in [-0.39, 0.29) is 10.7 Å². The van der Waals surface area contributed by atoms with Gasteiger partial charge in [-0.05, 0) is 0 Å². The molecule has 0 aromatic carbocycles. The summed E-state index contributed by atoms with van der Waals surface area (Å²) in [7, 11) is 13.5. The molecule has 2 aliphatic heterocycles. The Hall–Kier alpha value is -1.74. The summed E-state index contributed by atoms with van der Waals surface area (Å²) in [6, 6.07) is 8.79. The lowest BCUT2D eigenvalue weighted by atomic mass is 10.3. The van der Waals surface area contributed by atoms with Gasteiger partial charge in [0.1, 0.15) is 20.8 Å². The molecule has 0 fully saturated rings. The molecular weight excluding hydrogens is 460 g/mol. The summed E-state index contributed by atoms with van der Waals surface area (Å²) in [5, 5.41) is 2.60. The summed E-state index contributed by atoms with van der Waals surface area (Å²) in [6.45, 7) is 4.46. The fraction of sp³-hybridized carbons (Fsp3) is 0.538. The van der Waals surface area contributed by atoms with E-state index < -0.39 is 0 Å². The first kappa shape index (κ1) is 25.4. The van der Waals surface area contributed by atoms with Crippen LogP contribution in [0.2, 0.25) is 0 Å². The fourth-order valence-electron chi connectivity index (χ4n) is 4.06. The average molecular weight is 501 g/mol. The van der Waals surface area contributed by atoms with Crippen LogP contribution < -0.4 is 9.13 Å². The number of hydrogen-bond donors (Lipinski definition) is 0. The molecule has 0 spiro atoms. The molecule has 8 heteroatoms. The highest BCUT2D eigenvalue weighted by Gasteiger charge is 2.37. The molecule has 6 nitrogen and oxygen atoms in total. The van der Waals surface area contributed by atoms with Gasteiger partial charge in [-0.2, -0.15) is 0 Å². The smallest absolute Gasteiger partial charge is 0.169 e. The van der Waals surface area contributed by atoms with E-state index >= 15 is 0 Å². The van der Waals surface area contributed by atoms with Gasteiger partial charge in [-0.15, -0.1) is 0 Å². The molecule has 0 bridgehead atoms. The minimum Gasteiger partial charge on any atom is -0.331 e. The zero-order valence-corrected chi connectivity index (χ0v) is 23.1. The van der Waals surface area contributed by atoms with Crippen LogP contribution in [0.25, 0.3) is 0 Å². The van der Waals surface area contributed by atoms with Crippen molar-refractivity contribution in [1.82, 2.24) is 0 Å². The van der Waals surface area contributed by atoms with Crippen LogP contribution >= 0.6 is 23.5 Å². The molecule has 182 valence electrons. The van der Waals surface area contributed by atoms with Crippen LogP contribution in [0.1, 0.15) is 24.0 Å². The average Bonchev–Trinajstić information content (AvgIpc) is 3.32. The second kappa shape index (κ2) is 10.5. The van der Waals surface area contributed by atoms with Gasteiger partial charge < -0.3 is 8.97 Å². The molecule has 0 saturated carbocycles. The Morgan fingerprint density at radius 1 is 0.647 bits per heavy atom. The van der Waals surface area contributed by atoms with Crippen molar-refractivity contribution in [2.75, 3.05) is 55.4 Å². The second-order valence-corrected chi connectivity index (χ2v) is 13.5. The van der Waals surface area contributed by atoms with Crippen molar-refractivity contribution < 1.29 is 18.1 Å². The number of aromatic nitrogens is 2. The number of aryl methyl sites for hydroxylation is 2. The molecule has 34 heavy (non-hydrogen) atoms. The molecule has 0 aliphatic carbocycles. The van der Waals surface area contributed by atoms with E-state index in [2.05, 4.69) is 100 Å². The lowest BCUT2D eigenvalue weighted by Crippen LogP contribution is -2.39. The molecule has 2 atom stereocenters. The Balaban J connectivity index is 1.29. The van der Waals surface area contributed by atoms with Crippen molar-refractivity contribution in [1.29, 1.82) is 0 Å². The first-order chi connectivity index (χ1) is 16.1. The Morgan fingerprint density at radius 2 is 1.00 bits per heavy atom. The van der Waals surface area contributed by atoms with Crippen molar-refractivity contribution in [3.63, 3.8) is 0 Å². The van der Waals surface area contributed by atoms with Gasteiger partial charge in [0.25, 0.3) is 0 Å². The second-order valence-electron chi connectivity index (χ2n) is 11.3. The van der Waals surface area contributed by atoms with E-state index in [0.29, 0.717) is 0 Å². The van der Waals surface area contributed by atoms with Crippen LogP contribution in [0, 0.1) is 0 Å². The van der Waals surface area contributed by atoms with E-state index in [4.69, 9.17) is 9.98 Å². The minimum atomic E-state index is 0.184. The standard InChI is InChI=1S/C26H40N6S2/c1-31(2,3)19-7-13-29-15-9-21(10-16-29)23-27-25-26(33-23)28-24(34-25)22-11-17-30(18-12-22)14-8-20-32(4,5)6/h9-12,15-18,25-26H,7-8,13-14,19-20H2,1-6H3/q+4. The maximum Gasteiger partial charge on any atom is 0.169 e. The van der Waals surface area contributed by atoms with Crippen molar-refractivity contribution >= 4 is 33.6 Å².